The van der Waals surface area contributed by atoms with Gasteiger partial charge in [0.15, 0.2) is 27.2 Å². The number of methoxy groups -OCH3 is 3. The summed E-state index contributed by atoms with van der Waals surface area (Å²) in [6, 6.07) is 5.11. The Kier molecular flexibility index (Phi) is 7.80. The lowest BCUT2D eigenvalue weighted by Gasteiger charge is -2.20. The summed E-state index contributed by atoms with van der Waals surface area (Å²) in [4.78, 5) is 21.4. The van der Waals surface area contributed by atoms with Crippen molar-refractivity contribution in [2.75, 3.05) is 21.3 Å². The van der Waals surface area contributed by atoms with E-state index in [1.54, 1.807) is 44.4 Å². The minimum absolute atomic E-state index is 0.102. The highest BCUT2D eigenvalue weighted by Gasteiger charge is 2.33. The van der Waals surface area contributed by atoms with Gasteiger partial charge in [-0.15, -0.1) is 10.2 Å². The predicted octanol–water partition coefficient (Wildman–Crippen LogP) is 2.35. The number of aromatic nitrogens is 8. The van der Waals surface area contributed by atoms with Crippen molar-refractivity contribution in [1.82, 2.24) is 39.7 Å². The minimum atomic E-state index is -3.78. The smallest absolute Gasteiger partial charge is 0.245 e. The van der Waals surface area contributed by atoms with Gasteiger partial charge < -0.3 is 14.2 Å². The third-order valence-corrected chi connectivity index (χ3v) is 8.33. The molecule has 0 amide bonds. The van der Waals surface area contributed by atoms with Crippen molar-refractivity contribution in [2.24, 2.45) is 0 Å². The molecule has 14 heteroatoms. The lowest BCUT2D eigenvalue weighted by molar-refractivity contribution is 0.368. The van der Waals surface area contributed by atoms with Crippen LogP contribution in [0.1, 0.15) is 37.0 Å². The number of sulfone groups is 1. The Morgan fingerprint density at radius 3 is 2.24 bits per heavy atom. The molecule has 0 spiro atoms. The van der Waals surface area contributed by atoms with E-state index >= 15 is 0 Å². The lowest BCUT2D eigenvalue weighted by Crippen LogP contribution is -2.27. The highest BCUT2D eigenvalue weighted by molar-refractivity contribution is 7.91. The summed E-state index contributed by atoms with van der Waals surface area (Å²) in [5, 5.41) is 7.72. The maximum atomic E-state index is 13.7. The highest BCUT2D eigenvalue weighted by atomic mass is 32.2. The molecule has 4 aromatic rings. The first-order chi connectivity index (χ1) is 18.2. The number of ether oxygens (including phenoxy) is 3. The number of nitrogens with zero attached hydrogens (tertiary/aromatic N) is 8. The van der Waals surface area contributed by atoms with Crippen LogP contribution in [0, 0.1) is 6.92 Å². The second-order valence-corrected chi connectivity index (χ2v) is 10.8. The van der Waals surface area contributed by atoms with E-state index in [2.05, 4.69) is 35.1 Å². The third-order valence-electron chi connectivity index (χ3n) is 6.13. The van der Waals surface area contributed by atoms with E-state index in [-0.39, 0.29) is 29.1 Å². The molecule has 0 radical (unpaired) electrons. The molecule has 2 atom stereocenters. The zero-order valence-corrected chi connectivity index (χ0v) is 22.7. The molecule has 4 aromatic heterocycles. The summed E-state index contributed by atoms with van der Waals surface area (Å²) in [5.41, 5.74) is 1.94. The lowest BCUT2D eigenvalue weighted by atomic mass is 10.1. The van der Waals surface area contributed by atoms with Gasteiger partial charge >= 0.3 is 0 Å². The zero-order chi connectivity index (χ0) is 27.4. The van der Waals surface area contributed by atoms with Gasteiger partial charge in [0.2, 0.25) is 17.6 Å². The number of hydrogen-bond donors (Lipinski definition) is 0. The number of hydrogen-bond acceptors (Lipinski definition) is 12. The number of pyridine rings is 1. The Morgan fingerprint density at radius 1 is 0.921 bits per heavy atom. The van der Waals surface area contributed by atoms with Crippen molar-refractivity contribution in [3.8, 4) is 34.8 Å². The first-order valence-corrected chi connectivity index (χ1v) is 13.3. The van der Waals surface area contributed by atoms with Crippen LogP contribution >= 0.6 is 0 Å². The van der Waals surface area contributed by atoms with Crippen molar-refractivity contribution >= 4 is 9.84 Å². The molecular weight excluding hydrogens is 512 g/mol. The predicted molar refractivity (Wildman–Crippen MR) is 137 cm³/mol. The van der Waals surface area contributed by atoms with Gasteiger partial charge in [-0.05, 0) is 19.9 Å². The van der Waals surface area contributed by atoms with Crippen molar-refractivity contribution in [2.45, 2.75) is 37.7 Å². The van der Waals surface area contributed by atoms with E-state index in [1.165, 1.54) is 32.2 Å². The van der Waals surface area contributed by atoms with Crippen LogP contribution in [0.3, 0.4) is 0 Å². The molecule has 200 valence electrons. The van der Waals surface area contributed by atoms with Gasteiger partial charge in [-0.25, -0.2) is 13.4 Å². The fourth-order valence-corrected chi connectivity index (χ4v) is 5.37. The van der Waals surface area contributed by atoms with E-state index in [0.717, 1.165) is 5.69 Å². The summed E-state index contributed by atoms with van der Waals surface area (Å²) in [7, 11) is 0.577. The van der Waals surface area contributed by atoms with E-state index < -0.39 is 26.8 Å². The Labute approximate surface area is 220 Å². The fourth-order valence-electron chi connectivity index (χ4n) is 3.80. The summed E-state index contributed by atoms with van der Waals surface area (Å²) >= 11 is 0. The largest absolute Gasteiger partial charge is 0.481 e. The molecule has 38 heavy (non-hydrogen) atoms. The first-order valence-electron chi connectivity index (χ1n) is 11.6. The second-order valence-electron chi connectivity index (χ2n) is 8.46. The van der Waals surface area contributed by atoms with Gasteiger partial charge in [0.1, 0.15) is 17.8 Å². The number of rotatable bonds is 10. The van der Waals surface area contributed by atoms with Crippen LogP contribution in [-0.4, -0.2) is 74.7 Å². The van der Waals surface area contributed by atoms with Crippen molar-refractivity contribution in [3.05, 3.63) is 54.1 Å². The fraction of sp³-hybridized carbons (Fsp3) is 0.375. The van der Waals surface area contributed by atoms with Crippen LogP contribution < -0.4 is 14.2 Å². The molecular formula is C24H28N8O5S. The van der Waals surface area contributed by atoms with Crippen LogP contribution in [0.5, 0.6) is 17.6 Å². The molecule has 0 aliphatic heterocycles. The average Bonchev–Trinajstić information content (AvgIpc) is 3.34. The molecule has 0 N–H and O–H groups in total. The third kappa shape index (κ3) is 5.25. The normalized spacial score (nSPS) is 13.1. The molecule has 0 aliphatic rings. The Bertz CT molecular complexity index is 1500. The van der Waals surface area contributed by atoms with Crippen molar-refractivity contribution in [1.29, 1.82) is 0 Å². The molecule has 0 aliphatic carbocycles. The average molecular weight is 541 g/mol. The second kappa shape index (κ2) is 11.0. The maximum Gasteiger partial charge on any atom is 0.245 e. The molecule has 0 unspecified atom stereocenters. The van der Waals surface area contributed by atoms with E-state index in [1.807, 2.05) is 6.92 Å². The first kappa shape index (κ1) is 26.9. The SMILES string of the molecule is COc1cccc(-c2nnc(CS(=O)(=O)[C@@H](C)[C@H](C)c3cnc(C)cn3)n2-c2c(OC)ncnc2OC)n1. The van der Waals surface area contributed by atoms with Gasteiger partial charge in [0.25, 0.3) is 0 Å². The van der Waals surface area contributed by atoms with Crippen LogP contribution in [0.4, 0.5) is 0 Å². The molecule has 13 nitrogen and oxygen atoms in total. The zero-order valence-electron chi connectivity index (χ0n) is 21.9. The van der Waals surface area contributed by atoms with E-state index in [4.69, 9.17) is 14.2 Å². The molecule has 0 aromatic carbocycles. The summed E-state index contributed by atoms with van der Waals surface area (Å²) < 4.78 is 45.0. The quantitative estimate of drug-likeness (QED) is 0.290. The topological polar surface area (TPSA) is 157 Å². The van der Waals surface area contributed by atoms with Crippen LogP contribution in [0.2, 0.25) is 0 Å². The summed E-state index contributed by atoms with van der Waals surface area (Å²) in [5.74, 6) is 0.0714. The monoisotopic (exact) mass is 540 g/mol. The van der Waals surface area contributed by atoms with Gasteiger partial charge in [0.05, 0.1) is 38.0 Å². The Balaban J connectivity index is 1.84. The Hall–Kier alpha value is -4.20. The summed E-state index contributed by atoms with van der Waals surface area (Å²) in [6.07, 6.45) is 4.49. The van der Waals surface area contributed by atoms with Crippen molar-refractivity contribution < 1.29 is 22.6 Å². The number of aryl methyl sites for hydroxylation is 1. The highest BCUT2D eigenvalue weighted by Crippen LogP contribution is 2.34. The molecule has 0 saturated heterocycles. The van der Waals surface area contributed by atoms with Gasteiger partial charge in [-0.3, -0.25) is 14.5 Å². The molecule has 0 fully saturated rings. The van der Waals surface area contributed by atoms with Crippen LogP contribution in [-0.2, 0) is 15.6 Å². The van der Waals surface area contributed by atoms with E-state index in [0.29, 0.717) is 17.3 Å². The molecule has 4 rings (SSSR count). The maximum absolute atomic E-state index is 13.7. The van der Waals surface area contributed by atoms with Gasteiger partial charge in [0, 0.05) is 24.4 Å². The summed E-state index contributed by atoms with van der Waals surface area (Å²) in [6.45, 7) is 5.26. The van der Waals surface area contributed by atoms with Crippen molar-refractivity contribution in [3.63, 3.8) is 0 Å². The van der Waals surface area contributed by atoms with Gasteiger partial charge in [-0.2, -0.15) is 9.97 Å². The standard InChI is InChI=1S/C24H28N8O5S/c1-14-10-26-18(11-25-14)15(2)16(3)38(33,34)12-19-30-31-22(17-8-7-9-20(29-17)35-4)32(19)21-23(36-5)27-13-28-24(21)37-6/h7-11,13,15-16H,12H2,1-6H3/t15-,16-/m0/s1. The van der Waals surface area contributed by atoms with E-state index in [9.17, 15) is 8.42 Å². The molecule has 0 bridgehead atoms. The Morgan fingerprint density at radius 2 is 1.63 bits per heavy atom. The molecule has 4 heterocycles. The van der Waals surface area contributed by atoms with Gasteiger partial charge in [-0.1, -0.05) is 13.0 Å². The van der Waals surface area contributed by atoms with Crippen LogP contribution in [0.25, 0.3) is 17.2 Å². The molecule has 0 saturated carbocycles. The minimum Gasteiger partial charge on any atom is -0.481 e. The van der Waals surface area contributed by atoms with Crippen LogP contribution in [0.15, 0.2) is 36.9 Å².